The van der Waals surface area contributed by atoms with Gasteiger partial charge in [-0.25, -0.2) is 14.8 Å². The van der Waals surface area contributed by atoms with Crippen molar-refractivity contribution >= 4 is 11.8 Å². The predicted molar refractivity (Wildman–Crippen MR) is 67.3 cm³/mol. The summed E-state index contributed by atoms with van der Waals surface area (Å²) >= 11 is 0. The Balaban J connectivity index is 2.74. The summed E-state index contributed by atoms with van der Waals surface area (Å²) in [6.07, 6.45) is 2.29. The van der Waals surface area contributed by atoms with Gasteiger partial charge in [0.05, 0.1) is 19.8 Å². The van der Waals surface area contributed by atoms with Gasteiger partial charge >= 0.3 is 5.97 Å². The SMILES string of the molecule is COC(=O)c1nccc(NC(CO)CC(C)C)n1. The smallest absolute Gasteiger partial charge is 0.376 e. The molecule has 0 saturated heterocycles. The van der Waals surface area contributed by atoms with Crippen LogP contribution in [0.5, 0.6) is 0 Å². The number of anilines is 1. The van der Waals surface area contributed by atoms with Crippen molar-refractivity contribution in [1.29, 1.82) is 0 Å². The number of nitrogens with one attached hydrogen (secondary N) is 1. The molecule has 1 rings (SSSR count). The van der Waals surface area contributed by atoms with Gasteiger partial charge in [0.2, 0.25) is 5.82 Å². The molecule has 18 heavy (non-hydrogen) atoms. The lowest BCUT2D eigenvalue weighted by molar-refractivity contribution is 0.0587. The Bertz CT molecular complexity index is 396. The number of esters is 1. The average molecular weight is 253 g/mol. The molecule has 0 spiro atoms. The molecular formula is C12H19N3O3. The molecule has 100 valence electrons. The van der Waals surface area contributed by atoms with E-state index in [4.69, 9.17) is 0 Å². The van der Waals surface area contributed by atoms with E-state index in [1.54, 1.807) is 6.07 Å². The molecule has 1 atom stereocenters. The van der Waals surface area contributed by atoms with E-state index in [0.717, 1.165) is 6.42 Å². The molecule has 0 bridgehead atoms. The van der Waals surface area contributed by atoms with E-state index in [2.05, 4.69) is 33.9 Å². The minimum Gasteiger partial charge on any atom is -0.463 e. The van der Waals surface area contributed by atoms with Crippen LogP contribution < -0.4 is 5.32 Å². The number of aromatic nitrogens is 2. The number of ether oxygens (including phenoxy) is 1. The molecular weight excluding hydrogens is 234 g/mol. The summed E-state index contributed by atoms with van der Waals surface area (Å²) in [4.78, 5) is 19.1. The van der Waals surface area contributed by atoms with Gasteiger partial charge in [-0.2, -0.15) is 0 Å². The molecule has 0 aliphatic rings. The molecule has 0 aliphatic carbocycles. The molecule has 1 heterocycles. The second kappa shape index (κ2) is 6.90. The van der Waals surface area contributed by atoms with Crippen LogP contribution in [-0.4, -0.2) is 40.8 Å². The number of hydrogen-bond donors (Lipinski definition) is 2. The normalized spacial score (nSPS) is 12.3. The van der Waals surface area contributed by atoms with Crippen LogP contribution in [0, 0.1) is 5.92 Å². The van der Waals surface area contributed by atoms with E-state index in [0.29, 0.717) is 11.7 Å². The number of nitrogens with zero attached hydrogens (tertiary/aromatic N) is 2. The maximum Gasteiger partial charge on any atom is 0.376 e. The monoisotopic (exact) mass is 253 g/mol. The number of hydrogen-bond acceptors (Lipinski definition) is 6. The van der Waals surface area contributed by atoms with Crippen molar-refractivity contribution in [1.82, 2.24) is 9.97 Å². The number of aliphatic hydroxyl groups is 1. The Morgan fingerprint density at radius 2 is 2.28 bits per heavy atom. The van der Waals surface area contributed by atoms with E-state index in [1.807, 2.05) is 0 Å². The second-order valence-corrected chi connectivity index (χ2v) is 4.41. The Labute approximate surface area is 106 Å². The number of aliphatic hydroxyl groups excluding tert-OH is 1. The van der Waals surface area contributed by atoms with Crippen LogP contribution in [0.1, 0.15) is 30.9 Å². The first-order valence-corrected chi connectivity index (χ1v) is 5.85. The van der Waals surface area contributed by atoms with Gasteiger partial charge in [-0.3, -0.25) is 0 Å². The Hall–Kier alpha value is -1.69. The van der Waals surface area contributed by atoms with Gasteiger partial charge in [0.15, 0.2) is 0 Å². The molecule has 1 unspecified atom stereocenters. The summed E-state index contributed by atoms with van der Waals surface area (Å²) in [5.41, 5.74) is 0. The van der Waals surface area contributed by atoms with Gasteiger partial charge < -0.3 is 15.2 Å². The molecule has 1 aromatic heterocycles. The summed E-state index contributed by atoms with van der Waals surface area (Å²) in [7, 11) is 1.28. The summed E-state index contributed by atoms with van der Waals surface area (Å²) in [5.74, 6) is 0.383. The third kappa shape index (κ3) is 4.29. The minimum absolute atomic E-state index is 0.00346. The maximum atomic E-state index is 11.3. The average Bonchev–Trinajstić information content (AvgIpc) is 2.36. The zero-order valence-corrected chi connectivity index (χ0v) is 10.9. The van der Waals surface area contributed by atoms with E-state index in [-0.39, 0.29) is 18.5 Å². The van der Waals surface area contributed by atoms with Gasteiger partial charge in [-0.15, -0.1) is 0 Å². The highest BCUT2D eigenvalue weighted by Crippen LogP contribution is 2.10. The van der Waals surface area contributed by atoms with Gasteiger partial charge in [-0.05, 0) is 18.4 Å². The number of carbonyl (C=O) groups excluding carboxylic acids is 1. The molecule has 0 fully saturated rings. The highest BCUT2D eigenvalue weighted by atomic mass is 16.5. The van der Waals surface area contributed by atoms with Crippen molar-refractivity contribution in [3.05, 3.63) is 18.1 Å². The Kier molecular flexibility index (Phi) is 5.51. The number of methoxy groups -OCH3 is 1. The molecule has 2 N–H and O–H groups in total. The van der Waals surface area contributed by atoms with Gasteiger partial charge in [0, 0.05) is 6.20 Å². The summed E-state index contributed by atoms with van der Waals surface area (Å²) < 4.78 is 4.55. The first-order chi connectivity index (χ1) is 8.56. The zero-order chi connectivity index (χ0) is 13.5. The molecule has 0 aromatic carbocycles. The van der Waals surface area contributed by atoms with E-state index >= 15 is 0 Å². The number of carbonyl (C=O) groups is 1. The third-order valence-electron chi connectivity index (χ3n) is 2.35. The minimum atomic E-state index is -0.581. The molecule has 0 radical (unpaired) electrons. The molecule has 0 amide bonds. The van der Waals surface area contributed by atoms with Crippen LogP contribution in [0.15, 0.2) is 12.3 Å². The maximum absolute atomic E-state index is 11.3. The lowest BCUT2D eigenvalue weighted by Crippen LogP contribution is -2.26. The van der Waals surface area contributed by atoms with Crippen LogP contribution in [0.2, 0.25) is 0 Å². The quantitative estimate of drug-likeness (QED) is 0.738. The largest absolute Gasteiger partial charge is 0.463 e. The first-order valence-electron chi connectivity index (χ1n) is 5.85. The molecule has 1 aromatic rings. The topological polar surface area (TPSA) is 84.3 Å². The fraction of sp³-hybridized carbons (Fsp3) is 0.583. The highest BCUT2D eigenvalue weighted by Gasteiger charge is 2.13. The van der Waals surface area contributed by atoms with Gasteiger partial charge in [0.1, 0.15) is 5.82 Å². The molecule has 0 saturated carbocycles. The van der Waals surface area contributed by atoms with Crippen LogP contribution in [0.4, 0.5) is 5.82 Å². The third-order valence-corrected chi connectivity index (χ3v) is 2.35. The van der Waals surface area contributed by atoms with Crippen molar-refractivity contribution in [2.24, 2.45) is 5.92 Å². The second-order valence-electron chi connectivity index (χ2n) is 4.41. The first kappa shape index (κ1) is 14.4. The van der Waals surface area contributed by atoms with Crippen LogP contribution in [0.3, 0.4) is 0 Å². The van der Waals surface area contributed by atoms with Crippen LogP contribution in [-0.2, 0) is 4.74 Å². The molecule has 0 aliphatic heterocycles. The fourth-order valence-electron chi connectivity index (χ4n) is 1.59. The van der Waals surface area contributed by atoms with E-state index in [1.165, 1.54) is 13.3 Å². The van der Waals surface area contributed by atoms with Gasteiger partial charge in [-0.1, -0.05) is 13.8 Å². The fourth-order valence-corrected chi connectivity index (χ4v) is 1.59. The van der Waals surface area contributed by atoms with Gasteiger partial charge in [0.25, 0.3) is 0 Å². The number of rotatable bonds is 6. The highest BCUT2D eigenvalue weighted by molar-refractivity contribution is 5.85. The van der Waals surface area contributed by atoms with E-state index < -0.39 is 5.97 Å². The Morgan fingerprint density at radius 3 is 2.83 bits per heavy atom. The van der Waals surface area contributed by atoms with E-state index in [9.17, 15) is 9.90 Å². The lowest BCUT2D eigenvalue weighted by Gasteiger charge is -2.18. The zero-order valence-electron chi connectivity index (χ0n) is 10.9. The molecule has 6 nitrogen and oxygen atoms in total. The summed E-state index contributed by atoms with van der Waals surface area (Å²) in [6.45, 7) is 4.16. The standard InChI is InChI=1S/C12H19N3O3/c1-8(2)6-9(7-16)14-10-4-5-13-11(15-10)12(17)18-3/h4-5,8-9,16H,6-7H2,1-3H3,(H,13,14,15). The van der Waals surface area contributed by atoms with Crippen molar-refractivity contribution < 1.29 is 14.6 Å². The van der Waals surface area contributed by atoms with Crippen molar-refractivity contribution in [3.63, 3.8) is 0 Å². The Morgan fingerprint density at radius 1 is 1.56 bits per heavy atom. The van der Waals surface area contributed by atoms with Crippen molar-refractivity contribution in [2.45, 2.75) is 26.3 Å². The predicted octanol–water partition coefficient (Wildman–Crippen LogP) is 1.08. The van der Waals surface area contributed by atoms with Crippen LogP contribution in [0.25, 0.3) is 0 Å². The summed E-state index contributed by atoms with van der Waals surface area (Å²) in [6, 6.07) is 1.56. The van der Waals surface area contributed by atoms with Crippen molar-refractivity contribution in [2.75, 3.05) is 19.0 Å². The lowest BCUT2D eigenvalue weighted by atomic mass is 10.0. The van der Waals surface area contributed by atoms with Crippen molar-refractivity contribution in [3.8, 4) is 0 Å². The summed E-state index contributed by atoms with van der Waals surface area (Å²) in [5, 5.41) is 12.3. The van der Waals surface area contributed by atoms with Crippen LogP contribution >= 0.6 is 0 Å². The molecule has 6 heteroatoms.